The highest BCUT2D eigenvalue weighted by Gasteiger charge is 2.29. The maximum atomic E-state index is 11.8. The van der Waals surface area contributed by atoms with Crippen molar-refractivity contribution in [3.63, 3.8) is 0 Å². The summed E-state index contributed by atoms with van der Waals surface area (Å²) in [5, 5.41) is 3.78. The average Bonchev–Trinajstić information content (AvgIpc) is 3.50. The number of thioether (sulfide) groups is 6. The quantitative estimate of drug-likeness (QED) is 0.297. The zero-order chi connectivity index (χ0) is 24.2. The molecule has 0 amide bonds. The lowest BCUT2D eigenvalue weighted by Gasteiger charge is -2.14. The summed E-state index contributed by atoms with van der Waals surface area (Å²) in [5.41, 5.74) is 3.98. The molecule has 0 bridgehead atoms. The molecule has 34 heavy (non-hydrogen) atoms. The van der Waals surface area contributed by atoms with Gasteiger partial charge in [-0.1, -0.05) is 60.9 Å². The van der Waals surface area contributed by atoms with Crippen molar-refractivity contribution in [3.05, 3.63) is 71.8 Å². The average molecular weight is 565 g/mol. The van der Waals surface area contributed by atoms with Crippen LogP contribution >= 0.6 is 70.6 Å². The lowest BCUT2D eigenvalue weighted by molar-refractivity contribution is -0.108. The number of hydrogen-bond donors (Lipinski definition) is 0. The van der Waals surface area contributed by atoms with Gasteiger partial charge in [0.05, 0.1) is 9.16 Å². The molecule has 2 saturated heterocycles. The first kappa shape index (κ1) is 26.7. The molecular weight excluding hydrogens is 537 g/mol. The van der Waals surface area contributed by atoms with Crippen LogP contribution in [0.4, 0.5) is 0 Å². The zero-order valence-electron chi connectivity index (χ0n) is 19.3. The van der Waals surface area contributed by atoms with Crippen LogP contribution < -0.4 is 0 Å². The Hall–Kier alpha value is -0.380. The van der Waals surface area contributed by atoms with Crippen molar-refractivity contribution < 1.29 is 9.59 Å². The summed E-state index contributed by atoms with van der Waals surface area (Å²) in [4.78, 5) is 23.7. The molecule has 0 saturated carbocycles. The normalized spacial score (nSPS) is 24.4. The van der Waals surface area contributed by atoms with E-state index >= 15 is 0 Å². The fourth-order valence-corrected chi connectivity index (χ4v) is 12.5. The topological polar surface area (TPSA) is 34.1 Å². The molecule has 2 aromatic rings. The third-order valence-electron chi connectivity index (χ3n) is 5.43. The summed E-state index contributed by atoms with van der Waals surface area (Å²) in [6.45, 7) is 11.1. The zero-order valence-corrected chi connectivity index (χ0v) is 24.2. The minimum atomic E-state index is 0.111. The molecule has 0 spiro atoms. The van der Waals surface area contributed by atoms with Crippen LogP contribution in [0.15, 0.2) is 60.7 Å². The van der Waals surface area contributed by atoms with Gasteiger partial charge in [0.15, 0.2) is 0 Å². The third-order valence-corrected chi connectivity index (χ3v) is 14.9. The van der Waals surface area contributed by atoms with E-state index < -0.39 is 0 Å². The van der Waals surface area contributed by atoms with E-state index in [-0.39, 0.29) is 10.2 Å². The van der Waals surface area contributed by atoms with Crippen LogP contribution in [-0.4, -0.2) is 43.7 Å². The fraction of sp³-hybridized carbons (Fsp3) is 0.385. The van der Waals surface area contributed by atoms with Crippen molar-refractivity contribution in [3.8, 4) is 0 Å². The number of carbonyl (C=O) groups is 2. The largest absolute Gasteiger partial charge is 0.282 e. The smallest absolute Gasteiger partial charge is 0.214 e. The fourth-order valence-electron chi connectivity index (χ4n) is 3.58. The van der Waals surface area contributed by atoms with Gasteiger partial charge in [-0.05, 0) is 59.0 Å². The monoisotopic (exact) mass is 564 g/mol. The Bertz CT molecular complexity index is 1030. The van der Waals surface area contributed by atoms with Crippen LogP contribution in [0.3, 0.4) is 0 Å². The van der Waals surface area contributed by atoms with Crippen LogP contribution in [0.5, 0.6) is 0 Å². The van der Waals surface area contributed by atoms with Gasteiger partial charge in [0.1, 0.15) is 0 Å². The van der Waals surface area contributed by atoms with Gasteiger partial charge in [-0.15, -0.1) is 47.0 Å². The summed E-state index contributed by atoms with van der Waals surface area (Å²) >= 11 is 10.7. The van der Waals surface area contributed by atoms with Crippen molar-refractivity contribution in [1.29, 1.82) is 0 Å². The van der Waals surface area contributed by atoms with Crippen LogP contribution in [0, 0.1) is 0 Å². The first-order valence-electron chi connectivity index (χ1n) is 11.0. The predicted molar refractivity (Wildman–Crippen MR) is 162 cm³/mol. The second-order valence-electron chi connectivity index (χ2n) is 8.47. The SMILES string of the molecule is C=C(C)C(=O)SCC1CSC(c2ccc3cc(C4SCC(CSC(=O)C(=C)C)S4)ccc3c2)S1. The Morgan fingerprint density at radius 3 is 1.59 bits per heavy atom. The predicted octanol–water partition coefficient (Wildman–Crippen LogP) is 8.21. The summed E-state index contributed by atoms with van der Waals surface area (Å²) in [6.07, 6.45) is 0. The Morgan fingerprint density at radius 2 is 1.21 bits per heavy atom. The second kappa shape index (κ2) is 12.2. The molecule has 0 N–H and O–H groups in total. The van der Waals surface area contributed by atoms with Crippen LogP contribution in [0.25, 0.3) is 10.8 Å². The molecular formula is C26H28O2S6. The van der Waals surface area contributed by atoms with Crippen molar-refractivity contribution in [2.24, 2.45) is 0 Å². The summed E-state index contributed by atoms with van der Waals surface area (Å²) < 4.78 is 0.853. The highest BCUT2D eigenvalue weighted by Crippen LogP contribution is 2.52. The molecule has 0 aliphatic carbocycles. The van der Waals surface area contributed by atoms with E-state index in [1.54, 1.807) is 13.8 Å². The Balaban J connectivity index is 1.34. The van der Waals surface area contributed by atoms with E-state index in [2.05, 4.69) is 49.6 Å². The first-order chi connectivity index (χ1) is 16.3. The molecule has 2 fully saturated rings. The molecule has 0 radical (unpaired) electrons. The second-order valence-corrected chi connectivity index (χ2v) is 16.1. The van der Waals surface area contributed by atoms with E-state index in [1.165, 1.54) is 45.4 Å². The maximum Gasteiger partial charge on any atom is 0.214 e. The minimum Gasteiger partial charge on any atom is -0.282 e. The van der Waals surface area contributed by atoms with Gasteiger partial charge in [-0.2, -0.15) is 0 Å². The van der Waals surface area contributed by atoms with E-state index in [4.69, 9.17) is 0 Å². The number of benzene rings is 2. The molecule has 2 aromatic carbocycles. The molecule has 4 unspecified atom stereocenters. The number of fused-ring (bicyclic) bond motifs is 1. The number of hydrogen-bond acceptors (Lipinski definition) is 8. The molecule has 180 valence electrons. The van der Waals surface area contributed by atoms with Gasteiger partial charge in [-0.3, -0.25) is 9.59 Å². The van der Waals surface area contributed by atoms with E-state index in [0.29, 0.717) is 30.8 Å². The van der Waals surface area contributed by atoms with Crippen molar-refractivity contribution in [1.82, 2.24) is 0 Å². The van der Waals surface area contributed by atoms with Crippen LogP contribution in [-0.2, 0) is 9.59 Å². The van der Waals surface area contributed by atoms with Gasteiger partial charge in [-0.25, -0.2) is 0 Å². The van der Waals surface area contributed by atoms with Crippen molar-refractivity contribution in [2.75, 3.05) is 23.0 Å². The molecule has 8 heteroatoms. The van der Waals surface area contributed by atoms with Crippen LogP contribution in [0.1, 0.15) is 34.1 Å². The van der Waals surface area contributed by atoms with Gasteiger partial charge >= 0.3 is 0 Å². The summed E-state index contributed by atoms with van der Waals surface area (Å²) in [7, 11) is 0. The Kier molecular flexibility index (Phi) is 9.60. The minimum absolute atomic E-state index is 0.111. The molecule has 4 atom stereocenters. The number of carbonyl (C=O) groups excluding carboxylic acids is 2. The highest BCUT2D eigenvalue weighted by molar-refractivity contribution is 8.21. The number of rotatable bonds is 8. The molecule has 2 nitrogen and oxygen atoms in total. The molecule has 2 aliphatic heterocycles. The lowest BCUT2D eigenvalue weighted by Crippen LogP contribution is -2.07. The van der Waals surface area contributed by atoms with Gasteiger partial charge in [0, 0.05) is 33.5 Å². The van der Waals surface area contributed by atoms with Crippen molar-refractivity contribution in [2.45, 2.75) is 33.5 Å². The summed E-state index contributed by atoms with van der Waals surface area (Å²) in [6, 6.07) is 13.7. The maximum absolute atomic E-state index is 11.8. The lowest BCUT2D eigenvalue weighted by atomic mass is 10.1. The Labute approximate surface area is 228 Å². The molecule has 4 rings (SSSR count). The van der Waals surface area contributed by atoms with E-state index in [0.717, 1.165) is 23.0 Å². The molecule has 2 aliphatic rings. The Morgan fingerprint density at radius 1 is 0.794 bits per heavy atom. The van der Waals surface area contributed by atoms with E-state index in [1.807, 2.05) is 47.0 Å². The molecule has 0 aromatic heterocycles. The van der Waals surface area contributed by atoms with Crippen molar-refractivity contribution >= 4 is 91.6 Å². The first-order valence-corrected chi connectivity index (χ1v) is 17.0. The van der Waals surface area contributed by atoms with E-state index in [9.17, 15) is 9.59 Å². The summed E-state index contributed by atoms with van der Waals surface area (Å²) in [5.74, 6) is 3.87. The van der Waals surface area contributed by atoms with Gasteiger partial charge in [0.25, 0.3) is 0 Å². The van der Waals surface area contributed by atoms with Crippen LogP contribution in [0.2, 0.25) is 0 Å². The van der Waals surface area contributed by atoms with Gasteiger partial charge < -0.3 is 0 Å². The standard InChI is InChI=1S/C26H28O2S6/c1-15(2)23(27)29-11-21-13-31-25(33-21)19-7-5-18-10-20(8-6-17(18)9-19)26-32-14-22(34-26)12-30-24(28)16(3)4/h5-10,21-22,25-26H,1,3,11-14H2,2,4H3. The third kappa shape index (κ3) is 6.88. The van der Waals surface area contributed by atoms with Gasteiger partial charge in [0.2, 0.25) is 10.2 Å². The molecule has 2 heterocycles. The highest BCUT2D eigenvalue weighted by atomic mass is 32.2.